The molecule has 2 saturated heterocycles. The van der Waals surface area contributed by atoms with Gasteiger partial charge in [-0.15, -0.1) is 0 Å². The highest BCUT2D eigenvalue weighted by molar-refractivity contribution is 7.99. The third kappa shape index (κ3) is 7.27. The summed E-state index contributed by atoms with van der Waals surface area (Å²) in [5, 5.41) is 12.7. The summed E-state index contributed by atoms with van der Waals surface area (Å²) in [5.41, 5.74) is 2.78. The zero-order valence-electron chi connectivity index (χ0n) is 22.4. The molecule has 9 nitrogen and oxygen atoms in total. The van der Waals surface area contributed by atoms with E-state index in [1.807, 2.05) is 24.3 Å². The molecular formula is C29H29F3N4O5S. The number of likely N-dealkylation sites (tertiary alicyclic amines) is 1. The zero-order valence-corrected chi connectivity index (χ0v) is 23.2. The van der Waals surface area contributed by atoms with Crippen LogP contribution in [0.2, 0.25) is 0 Å². The van der Waals surface area contributed by atoms with Crippen LogP contribution in [0.25, 0.3) is 0 Å². The molecule has 2 aliphatic rings. The lowest BCUT2D eigenvalue weighted by Gasteiger charge is -2.36. The number of aliphatic hydroxyl groups excluding tert-OH is 1. The number of anilines is 1. The number of rotatable bonds is 8. The van der Waals surface area contributed by atoms with Gasteiger partial charge in [-0.05, 0) is 42.2 Å². The minimum absolute atomic E-state index is 0.0613. The third-order valence-corrected chi connectivity index (χ3v) is 8.07. The van der Waals surface area contributed by atoms with E-state index in [0.29, 0.717) is 39.9 Å². The summed E-state index contributed by atoms with van der Waals surface area (Å²) in [5.74, 6) is -2.10. The highest BCUT2D eigenvalue weighted by Gasteiger charge is 2.47. The van der Waals surface area contributed by atoms with Gasteiger partial charge in [-0.3, -0.25) is 9.59 Å². The number of hydrogen-bond donors (Lipinski definition) is 2. The Kier molecular flexibility index (Phi) is 9.41. The number of benzene rings is 2. The third-order valence-electron chi connectivity index (χ3n) is 7.06. The van der Waals surface area contributed by atoms with E-state index in [4.69, 9.17) is 9.47 Å². The Bertz CT molecular complexity index is 1360. The molecular weight excluding hydrogens is 573 g/mol. The topological polar surface area (TPSA) is 114 Å². The van der Waals surface area contributed by atoms with Crippen LogP contribution in [-0.4, -0.2) is 62.4 Å². The van der Waals surface area contributed by atoms with Crippen LogP contribution in [0.4, 0.5) is 18.9 Å². The molecule has 1 aromatic heterocycles. The van der Waals surface area contributed by atoms with E-state index in [2.05, 4.69) is 15.3 Å². The van der Waals surface area contributed by atoms with Crippen LogP contribution in [0, 0.1) is 0 Å². The van der Waals surface area contributed by atoms with E-state index in [0.717, 1.165) is 11.1 Å². The Morgan fingerprint density at radius 2 is 1.71 bits per heavy atom. The van der Waals surface area contributed by atoms with Crippen LogP contribution >= 0.6 is 11.8 Å². The molecule has 0 radical (unpaired) electrons. The second-order valence-corrected chi connectivity index (χ2v) is 10.9. The maximum atomic E-state index is 13.0. The summed E-state index contributed by atoms with van der Waals surface area (Å²) < 4.78 is 51.5. The van der Waals surface area contributed by atoms with Gasteiger partial charge in [0.15, 0.2) is 11.4 Å². The van der Waals surface area contributed by atoms with E-state index in [1.165, 1.54) is 11.8 Å². The number of thioether (sulfide) groups is 1. The van der Waals surface area contributed by atoms with Crippen LogP contribution in [0.5, 0.6) is 0 Å². The minimum atomic E-state index is -5.03. The molecule has 2 amide bonds. The van der Waals surface area contributed by atoms with Crippen molar-refractivity contribution in [2.45, 2.75) is 61.7 Å². The lowest BCUT2D eigenvalue weighted by molar-refractivity contribution is -0.245. The summed E-state index contributed by atoms with van der Waals surface area (Å²) in [7, 11) is 0. The number of alkyl halides is 3. The Morgan fingerprint density at radius 3 is 2.38 bits per heavy atom. The lowest BCUT2D eigenvalue weighted by atomic mass is 10.0. The van der Waals surface area contributed by atoms with Crippen molar-refractivity contribution in [3.63, 3.8) is 0 Å². The summed E-state index contributed by atoms with van der Waals surface area (Å²) >= 11 is 1.47. The maximum absolute atomic E-state index is 13.0. The lowest BCUT2D eigenvalue weighted by Crippen LogP contribution is -2.48. The van der Waals surface area contributed by atoms with Crippen molar-refractivity contribution in [3.05, 3.63) is 83.7 Å². The number of nitrogens with zero attached hydrogens (tertiary/aromatic N) is 3. The first-order chi connectivity index (χ1) is 20.2. The van der Waals surface area contributed by atoms with E-state index in [-0.39, 0.29) is 31.8 Å². The number of carbonyl (C=O) groups is 2. The summed E-state index contributed by atoms with van der Waals surface area (Å²) in [6, 6.07) is 14.7. The SMILES string of the molecule is O=C(Nc1ccc(C2OC(CSc3ncccn3)CC(c3ccc(CO)cc3)O2)cc1)C1CCCN1C(=O)C(F)(F)F. The summed E-state index contributed by atoms with van der Waals surface area (Å²) in [6.45, 7) is -0.181. The molecule has 222 valence electrons. The molecule has 0 saturated carbocycles. The number of nitrogens with one attached hydrogen (secondary N) is 1. The largest absolute Gasteiger partial charge is 0.471 e. The Labute approximate surface area is 244 Å². The normalized spacial score (nSPS) is 22.6. The highest BCUT2D eigenvalue weighted by Crippen LogP contribution is 2.39. The Morgan fingerprint density at radius 1 is 1.02 bits per heavy atom. The number of halogens is 3. The predicted octanol–water partition coefficient (Wildman–Crippen LogP) is 4.80. The second-order valence-electron chi connectivity index (χ2n) is 9.96. The number of aliphatic hydroxyl groups is 1. The van der Waals surface area contributed by atoms with Gasteiger partial charge in [0.25, 0.3) is 0 Å². The molecule has 3 heterocycles. The fourth-order valence-corrected chi connectivity index (χ4v) is 5.76. The van der Waals surface area contributed by atoms with E-state index < -0.39 is 30.3 Å². The zero-order chi connectivity index (χ0) is 29.7. The fourth-order valence-electron chi connectivity index (χ4n) is 4.94. The molecule has 5 rings (SSSR count). The second kappa shape index (κ2) is 13.2. The van der Waals surface area contributed by atoms with Crippen molar-refractivity contribution in [1.82, 2.24) is 14.9 Å². The standard InChI is InChI=1S/C29H29F3N4O5S/c30-29(31,32)27(39)36-14-1-3-23(36)25(38)35-21-10-8-20(9-11-21)26-40-22(17-42-28-33-12-2-13-34-28)15-24(41-26)19-6-4-18(16-37)5-7-19/h2,4-13,22-24,26,37H,1,3,14-17H2,(H,35,38). The van der Waals surface area contributed by atoms with Crippen molar-refractivity contribution < 1.29 is 37.3 Å². The summed E-state index contributed by atoms with van der Waals surface area (Å²) in [4.78, 5) is 33.6. The fraction of sp³-hybridized carbons (Fsp3) is 0.379. The quantitative estimate of drug-likeness (QED) is 0.279. The van der Waals surface area contributed by atoms with Crippen LogP contribution in [-0.2, 0) is 25.7 Å². The molecule has 3 aromatic rings. The number of aromatic nitrogens is 2. The molecule has 2 fully saturated rings. The van der Waals surface area contributed by atoms with Gasteiger partial charge in [0.2, 0.25) is 5.91 Å². The number of amides is 2. The minimum Gasteiger partial charge on any atom is -0.392 e. The van der Waals surface area contributed by atoms with E-state index in [9.17, 15) is 27.9 Å². The van der Waals surface area contributed by atoms with Crippen molar-refractivity contribution >= 4 is 29.3 Å². The average Bonchev–Trinajstić information content (AvgIpc) is 3.50. The first-order valence-electron chi connectivity index (χ1n) is 13.4. The molecule has 4 atom stereocenters. The van der Waals surface area contributed by atoms with E-state index >= 15 is 0 Å². The molecule has 42 heavy (non-hydrogen) atoms. The van der Waals surface area contributed by atoms with E-state index in [1.54, 1.807) is 42.7 Å². The maximum Gasteiger partial charge on any atom is 0.471 e. The van der Waals surface area contributed by atoms with Crippen LogP contribution < -0.4 is 5.32 Å². The molecule has 0 spiro atoms. The summed E-state index contributed by atoms with van der Waals surface area (Å²) in [6.07, 6.45) is -1.87. The van der Waals surface area contributed by atoms with Crippen molar-refractivity contribution in [3.8, 4) is 0 Å². The average molecular weight is 603 g/mol. The van der Waals surface area contributed by atoms with Gasteiger partial charge in [0.05, 0.1) is 18.8 Å². The molecule has 2 N–H and O–H groups in total. The van der Waals surface area contributed by atoms with Gasteiger partial charge in [-0.1, -0.05) is 48.2 Å². The smallest absolute Gasteiger partial charge is 0.392 e. The van der Waals surface area contributed by atoms with Gasteiger partial charge in [0, 0.05) is 42.4 Å². The highest BCUT2D eigenvalue weighted by atomic mass is 32.2. The van der Waals surface area contributed by atoms with Gasteiger partial charge in [-0.2, -0.15) is 13.2 Å². The molecule has 0 bridgehead atoms. The Balaban J connectivity index is 1.28. The van der Waals surface area contributed by atoms with Gasteiger partial charge in [-0.25, -0.2) is 9.97 Å². The van der Waals surface area contributed by atoms with Gasteiger partial charge < -0.3 is 24.8 Å². The number of carbonyl (C=O) groups excluding carboxylic acids is 2. The predicted molar refractivity (Wildman–Crippen MR) is 147 cm³/mol. The monoisotopic (exact) mass is 602 g/mol. The first-order valence-corrected chi connectivity index (χ1v) is 14.4. The number of ether oxygens (including phenoxy) is 2. The molecule has 0 aliphatic carbocycles. The molecule has 4 unspecified atom stereocenters. The van der Waals surface area contributed by atoms with Gasteiger partial charge in [0.1, 0.15) is 6.04 Å². The molecule has 2 aliphatic heterocycles. The van der Waals surface area contributed by atoms with Crippen LogP contribution in [0.1, 0.15) is 48.3 Å². The molecule has 13 heteroatoms. The van der Waals surface area contributed by atoms with Crippen LogP contribution in [0.15, 0.2) is 72.1 Å². The van der Waals surface area contributed by atoms with Gasteiger partial charge >= 0.3 is 12.1 Å². The first kappa shape index (κ1) is 30.0. The Hall–Kier alpha value is -3.52. The van der Waals surface area contributed by atoms with Crippen molar-refractivity contribution in [1.29, 1.82) is 0 Å². The number of hydrogen-bond acceptors (Lipinski definition) is 8. The van der Waals surface area contributed by atoms with Crippen LogP contribution in [0.3, 0.4) is 0 Å². The van der Waals surface area contributed by atoms with Crippen molar-refractivity contribution in [2.75, 3.05) is 17.6 Å². The van der Waals surface area contributed by atoms with Crippen molar-refractivity contribution in [2.24, 2.45) is 0 Å². The molecule has 2 aromatic carbocycles.